The van der Waals surface area contributed by atoms with E-state index in [1.54, 1.807) is 44.6 Å². The molecule has 0 amide bonds. The van der Waals surface area contributed by atoms with Gasteiger partial charge in [-0.2, -0.15) is 5.21 Å². The highest BCUT2D eigenvalue weighted by Crippen LogP contribution is 2.36. The second kappa shape index (κ2) is 9.21. The van der Waals surface area contributed by atoms with Crippen LogP contribution in [0.2, 0.25) is 5.02 Å². The van der Waals surface area contributed by atoms with Crippen LogP contribution in [0.25, 0.3) is 33.4 Å². The van der Waals surface area contributed by atoms with E-state index in [1.165, 1.54) is 6.07 Å². The normalized spacial score (nSPS) is 12.6. The van der Waals surface area contributed by atoms with E-state index >= 15 is 0 Å². The van der Waals surface area contributed by atoms with Gasteiger partial charge in [0.05, 0.1) is 22.3 Å². The maximum atomic E-state index is 14.8. The van der Waals surface area contributed by atoms with Gasteiger partial charge < -0.3 is 10.4 Å². The van der Waals surface area contributed by atoms with Crippen LogP contribution >= 0.6 is 11.6 Å². The Balaban J connectivity index is 1.52. The molecule has 0 fully saturated rings. The first-order valence-electron chi connectivity index (χ1n) is 11.1. The van der Waals surface area contributed by atoms with Crippen molar-refractivity contribution in [1.29, 1.82) is 0 Å². The maximum absolute atomic E-state index is 14.8. The van der Waals surface area contributed by atoms with Crippen LogP contribution in [-0.4, -0.2) is 40.7 Å². The number of fused-ring (bicyclic) bond motifs is 1. The SMILES string of the molecule is CC(Nc1c(Cl)cnc2ccc(-c3cnc(C(C)(C)O)nc3)cc12)c1cc(-c2nn[nH]n2)ccc1F. The quantitative estimate of drug-likeness (QED) is 0.293. The molecular formula is C25H22ClFN8O. The Morgan fingerprint density at radius 3 is 2.44 bits per heavy atom. The molecule has 1 atom stereocenters. The van der Waals surface area contributed by atoms with Gasteiger partial charge in [0.25, 0.3) is 0 Å². The summed E-state index contributed by atoms with van der Waals surface area (Å²) in [5.41, 5.74) is 2.87. The summed E-state index contributed by atoms with van der Waals surface area (Å²) in [7, 11) is 0. The number of halogens is 2. The van der Waals surface area contributed by atoms with Gasteiger partial charge in [0.1, 0.15) is 11.4 Å². The van der Waals surface area contributed by atoms with Crippen molar-refractivity contribution in [2.45, 2.75) is 32.4 Å². The largest absolute Gasteiger partial charge is 0.382 e. The highest BCUT2D eigenvalue weighted by atomic mass is 35.5. The summed E-state index contributed by atoms with van der Waals surface area (Å²) in [6.45, 7) is 5.10. The Kier molecular flexibility index (Phi) is 6.07. The van der Waals surface area contributed by atoms with Gasteiger partial charge in [-0.15, -0.1) is 10.2 Å². The van der Waals surface area contributed by atoms with Crippen LogP contribution in [-0.2, 0) is 5.60 Å². The zero-order valence-corrected chi connectivity index (χ0v) is 20.4. The van der Waals surface area contributed by atoms with Crippen LogP contribution < -0.4 is 5.32 Å². The van der Waals surface area contributed by atoms with Crippen molar-refractivity contribution in [2.75, 3.05) is 5.32 Å². The van der Waals surface area contributed by atoms with E-state index in [-0.39, 0.29) is 5.82 Å². The topological polar surface area (TPSA) is 125 Å². The van der Waals surface area contributed by atoms with Gasteiger partial charge in [0, 0.05) is 40.7 Å². The number of aliphatic hydroxyl groups is 1. The average Bonchev–Trinajstić information content (AvgIpc) is 3.40. The molecule has 11 heteroatoms. The van der Waals surface area contributed by atoms with E-state index in [1.807, 2.05) is 25.1 Å². The monoisotopic (exact) mass is 504 g/mol. The minimum atomic E-state index is -1.14. The predicted molar refractivity (Wildman–Crippen MR) is 135 cm³/mol. The number of benzene rings is 2. The predicted octanol–water partition coefficient (Wildman–Crippen LogP) is 5.06. The summed E-state index contributed by atoms with van der Waals surface area (Å²) in [4.78, 5) is 13.0. The van der Waals surface area contributed by atoms with Crippen molar-refractivity contribution in [2.24, 2.45) is 0 Å². The molecule has 0 aliphatic heterocycles. The second-order valence-electron chi connectivity index (χ2n) is 8.91. The van der Waals surface area contributed by atoms with Crippen LogP contribution in [0.4, 0.5) is 10.1 Å². The number of H-pyrrole nitrogens is 1. The van der Waals surface area contributed by atoms with E-state index in [2.05, 4.69) is 40.9 Å². The number of anilines is 1. The molecule has 0 spiro atoms. The van der Waals surface area contributed by atoms with Crippen molar-refractivity contribution in [3.05, 3.63) is 77.2 Å². The molecule has 5 aromatic rings. The molecule has 3 heterocycles. The molecule has 0 radical (unpaired) electrons. The molecule has 5 rings (SSSR count). The summed E-state index contributed by atoms with van der Waals surface area (Å²) in [6.07, 6.45) is 4.88. The van der Waals surface area contributed by atoms with Crippen LogP contribution in [0.5, 0.6) is 0 Å². The fourth-order valence-corrected chi connectivity index (χ4v) is 4.09. The van der Waals surface area contributed by atoms with Crippen LogP contribution in [0.1, 0.15) is 38.2 Å². The van der Waals surface area contributed by atoms with Gasteiger partial charge >= 0.3 is 0 Å². The first-order chi connectivity index (χ1) is 17.2. The zero-order valence-electron chi connectivity index (χ0n) is 19.7. The molecule has 1 unspecified atom stereocenters. The van der Waals surface area contributed by atoms with Crippen molar-refractivity contribution in [3.8, 4) is 22.5 Å². The molecule has 0 aliphatic carbocycles. The minimum absolute atomic E-state index is 0.331. The summed E-state index contributed by atoms with van der Waals surface area (Å²) < 4.78 is 14.8. The lowest BCUT2D eigenvalue weighted by molar-refractivity contribution is 0.0687. The number of hydrogen-bond acceptors (Lipinski definition) is 8. The fourth-order valence-electron chi connectivity index (χ4n) is 3.88. The van der Waals surface area contributed by atoms with Crippen molar-refractivity contribution < 1.29 is 9.50 Å². The summed E-state index contributed by atoms with van der Waals surface area (Å²) >= 11 is 6.55. The zero-order chi connectivity index (χ0) is 25.4. The Hall–Kier alpha value is -4.02. The van der Waals surface area contributed by atoms with Gasteiger partial charge in [0.15, 0.2) is 5.82 Å². The van der Waals surface area contributed by atoms with Crippen LogP contribution in [0.15, 0.2) is 55.0 Å². The molecule has 2 aromatic carbocycles. The molecule has 9 nitrogen and oxygen atoms in total. The van der Waals surface area contributed by atoms with Crippen LogP contribution in [0.3, 0.4) is 0 Å². The number of aromatic nitrogens is 7. The summed E-state index contributed by atoms with van der Waals surface area (Å²) in [5.74, 6) is 0.331. The molecule has 36 heavy (non-hydrogen) atoms. The molecular weight excluding hydrogens is 483 g/mol. The number of pyridine rings is 1. The molecule has 0 saturated carbocycles. The first-order valence-corrected chi connectivity index (χ1v) is 11.5. The highest BCUT2D eigenvalue weighted by molar-refractivity contribution is 6.34. The third kappa shape index (κ3) is 4.60. The lowest BCUT2D eigenvalue weighted by atomic mass is 10.0. The van der Waals surface area contributed by atoms with E-state index in [9.17, 15) is 9.50 Å². The van der Waals surface area contributed by atoms with Gasteiger partial charge in [-0.3, -0.25) is 4.98 Å². The van der Waals surface area contributed by atoms with Crippen LogP contribution in [0, 0.1) is 5.82 Å². The Morgan fingerprint density at radius 1 is 1.00 bits per heavy atom. The van der Waals surface area contributed by atoms with Gasteiger partial charge in [-0.05, 0) is 61.9 Å². The fraction of sp³-hybridized carbons (Fsp3) is 0.200. The van der Waals surface area contributed by atoms with E-state index in [4.69, 9.17) is 11.6 Å². The Labute approximate surface area is 210 Å². The van der Waals surface area contributed by atoms with Gasteiger partial charge in [-0.25, -0.2) is 14.4 Å². The number of nitrogens with one attached hydrogen (secondary N) is 2. The number of rotatable bonds is 6. The number of nitrogens with zero attached hydrogens (tertiary/aromatic N) is 6. The summed E-state index contributed by atoms with van der Waals surface area (Å²) in [6, 6.07) is 9.92. The molecule has 0 saturated heterocycles. The number of hydrogen-bond donors (Lipinski definition) is 3. The average molecular weight is 505 g/mol. The van der Waals surface area contributed by atoms with Gasteiger partial charge in [0.2, 0.25) is 5.82 Å². The third-order valence-corrected chi connectivity index (χ3v) is 6.07. The second-order valence-corrected chi connectivity index (χ2v) is 9.31. The molecule has 0 aliphatic rings. The molecule has 3 N–H and O–H groups in total. The lowest BCUT2D eigenvalue weighted by Crippen LogP contribution is -2.19. The van der Waals surface area contributed by atoms with Crippen molar-refractivity contribution in [1.82, 2.24) is 35.6 Å². The minimum Gasteiger partial charge on any atom is -0.382 e. The third-order valence-electron chi connectivity index (χ3n) is 5.78. The number of aromatic amines is 1. The number of tetrazole rings is 1. The van der Waals surface area contributed by atoms with Crippen molar-refractivity contribution >= 4 is 28.2 Å². The smallest absolute Gasteiger partial charge is 0.204 e. The Bertz CT molecular complexity index is 1540. The Morgan fingerprint density at radius 2 is 1.75 bits per heavy atom. The highest BCUT2D eigenvalue weighted by Gasteiger charge is 2.20. The van der Waals surface area contributed by atoms with E-state index < -0.39 is 11.6 Å². The standard InChI is InChI=1S/C25H22ClFN8O/c1-13(17-9-15(4-6-20(17)27)23-32-34-35-33-23)31-22-18-8-14(5-7-21(18)28-12-19(22)26)16-10-29-24(30-11-16)25(2,3)36/h4-13,36H,1-3H3,(H,28,31)(H,32,33,34,35). The van der Waals surface area contributed by atoms with Gasteiger partial charge in [-0.1, -0.05) is 17.7 Å². The summed E-state index contributed by atoms with van der Waals surface area (Å²) in [5, 5.41) is 28.5. The van der Waals surface area contributed by atoms with E-state index in [0.717, 1.165) is 16.5 Å². The van der Waals surface area contributed by atoms with E-state index in [0.29, 0.717) is 39.0 Å². The lowest BCUT2D eigenvalue weighted by Gasteiger charge is -2.20. The molecule has 0 bridgehead atoms. The molecule has 182 valence electrons. The molecule has 3 aromatic heterocycles. The first kappa shape index (κ1) is 23.7. The van der Waals surface area contributed by atoms with Crippen molar-refractivity contribution in [3.63, 3.8) is 0 Å². The maximum Gasteiger partial charge on any atom is 0.204 e.